The van der Waals surface area contributed by atoms with Crippen molar-refractivity contribution in [3.63, 3.8) is 0 Å². The number of hydrogen-bond donors (Lipinski definition) is 0. The molecule has 0 unspecified atom stereocenters. The van der Waals surface area contributed by atoms with Gasteiger partial charge in [-0.15, -0.1) is 0 Å². The van der Waals surface area contributed by atoms with Crippen LogP contribution in [-0.2, 0) is 26.9 Å². The fourth-order valence-corrected chi connectivity index (χ4v) is 5.38. The number of benzene rings is 1. The number of sulfone groups is 1. The van der Waals surface area contributed by atoms with Crippen molar-refractivity contribution < 1.29 is 13.2 Å². The van der Waals surface area contributed by atoms with Gasteiger partial charge in [0.25, 0.3) is 0 Å². The summed E-state index contributed by atoms with van der Waals surface area (Å²) in [5.41, 5.74) is 2.51. The number of nitrogens with zero attached hydrogens (tertiary/aromatic N) is 3. The molecule has 0 bridgehead atoms. The Hall–Kier alpha value is -2.15. The third kappa shape index (κ3) is 5.97. The predicted octanol–water partition coefficient (Wildman–Crippen LogP) is 4.67. The lowest BCUT2D eigenvalue weighted by molar-refractivity contribution is -0.134. The maximum atomic E-state index is 13.2. The number of imidazole rings is 1. The van der Waals surface area contributed by atoms with Gasteiger partial charge in [0.15, 0.2) is 0 Å². The maximum absolute atomic E-state index is 13.2. The Morgan fingerprint density at radius 2 is 1.81 bits per heavy atom. The van der Waals surface area contributed by atoms with Crippen LogP contribution >= 0.6 is 0 Å². The smallest absolute Gasteiger partial charge is 0.228 e. The lowest BCUT2D eigenvalue weighted by Gasteiger charge is -2.27. The van der Waals surface area contributed by atoms with E-state index in [4.69, 9.17) is 0 Å². The Kier molecular flexibility index (Phi) is 6.65. The number of carbonyl (C=O) groups is 1. The number of amides is 1. The standard InChI is InChI=1S/C24H35N3O3S/c1-17(2)27-21(15-26(20-11-12-20)22(28)13-24(4,5)6)14-25-23(27)31(29,30)16-19-9-7-18(3)8-10-19/h7-10,14,17,20H,11-13,15-16H2,1-6H3. The molecule has 1 aromatic carbocycles. The van der Waals surface area contributed by atoms with Crippen LogP contribution in [0.2, 0.25) is 0 Å². The molecule has 0 spiro atoms. The van der Waals surface area contributed by atoms with E-state index in [0.717, 1.165) is 29.7 Å². The molecule has 6 nitrogen and oxygen atoms in total. The third-order valence-corrected chi connectivity index (χ3v) is 7.01. The molecule has 0 saturated heterocycles. The molecular formula is C24H35N3O3S. The molecular weight excluding hydrogens is 410 g/mol. The van der Waals surface area contributed by atoms with Crippen LogP contribution in [0.5, 0.6) is 0 Å². The Morgan fingerprint density at radius 3 is 2.32 bits per heavy atom. The molecule has 2 aromatic rings. The van der Waals surface area contributed by atoms with Gasteiger partial charge in [-0.1, -0.05) is 50.6 Å². The van der Waals surface area contributed by atoms with Crippen LogP contribution in [0.15, 0.2) is 35.6 Å². The third-order valence-electron chi connectivity index (χ3n) is 5.43. The van der Waals surface area contributed by atoms with E-state index in [2.05, 4.69) is 25.8 Å². The summed E-state index contributed by atoms with van der Waals surface area (Å²) in [5.74, 6) is 0.0294. The first kappa shape index (κ1) is 23.5. The minimum Gasteiger partial charge on any atom is -0.334 e. The summed E-state index contributed by atoms with van der Waals surface area (Å²) in [5, 5.41) is 0.0806. The monoisotopic (exact) mass is 445 g/mol. The van der Waals surface area contributed by atoms with Gasteiger partial charge in [0.2, 0.25) is 20.9 Å². The minimum atomic E-state index is -3.62. The van der Waals surface area contributed by atoms with Crippen molar-refractivity contribution in [1.82, 2.24) is 14.5 Å². The first-order valence-corrected chi connectivity index (χ1v) is 12.7. The number of aromatic nitrogens is 2. The van der Waals surface area contributed by atoms with Gasteiger partial charge in [-0.05, 0) is 44.6 Å². The zero-order chi connectivity index (χ0) is 23.0. The van der Waals surface area contributed by atoms with Crippen molar-refractivity contribution in [3.05, 3.63) is 47.3 Å². The second kappa shape index (κ2) is 8.77. The van der Waals surface area contributed by atoms with Crippen LogP contribution < -0.4 is 0 Å². The van der Waals surface area contributed by atoms with Crippen LogP contribution in [-0.4, -0.2) is 34.8 Å². The lowest BCUT2D eigenvalue weighted by Crippen LogP contribution is -2.35. The number of rotatable bonds is 8. The molecule has 1 fully saturated rings. The van der Waals surface area contributed by atoms with E-state index in [1.807, 2.05) is 49.9 Å². The van der Waals surface area contributed by atoms with Crippen molar-refractivity contribution in [2.75, 3.05) is 0 Å². The largest absolute Gasteiger partial charge is 0.334 e. The average molecular weight is 446 g/mol. The van der Waals surface area contributed by atoms with Gasteiger partial charge in [-0.25, -0.2) is 13.4 Å². The normalized spacial score (nSPS) is 14.8. The number of carbonyl (C=O) groups excluding carboxylic acids is 1. The Bertz CT molecular complexity index is 1030. The zero-order valence-corrected chi connectivity index (χ0v) is 20.4. The molecule has 1 amide bonds. The van der Waals surface area contributed by atoms with Gasteiger partial charge in [-0.3, -0.25) is 4.79 Å². The highest BCUT2D eigenvalue weighted by Crippen LogP contribution is 2.32. The van der Waals surface area contributed by atoms with E-state index in [1.54, 1.807) is 10.8 Å². The Morgan fingerprint density at radius 1 is 1.19 bits per heavy atom. The highest BCUT2D eigenvalue weighted by atomic mass is 32.2. The van der Waals surface area contributed by atoms with Crippen molar-refractivity contribution in [2.24, 2.45) is 5.41 Å². The van der Waals surface area contributed by atoms with Crippen molar-refractivity contribution in [3.8, 4) is 0 Å². The van der Waals surface area contributed by atoms with Gasteiger partial charge in [-0.2, -0.15) is 0 Å². The van der Waals surface area contributed by atoms with Gasteiger partial charge in [0.1, 0.15) is 0 Å². The highest BCUT2D eigenvalue weighted by molar-refractivity contribution is 7.90. The van der Waals surface area contributed by atoms with E-state index in [1.165, 1.54) is 0 Å². The SMILES string of the molecule is Cc1ccc(CS(=O)(=O)c2ncc(CN(C(=O)CC(C)(C)C)C3CC3)n2C(C)C)cc1. The molecule has 0 aliphatic heterocycles. The van der Waals surface area contributed by atoms with Gasteiger partial charge in [0, 0.05) is 18.5 Å². The summed E-state index contributed by atoms with van der Waals surface area (Å²) in [6.45, 7) is 12.5. The number of aryl methyl sites for hydroxylation is 1. The molecule has 31 heavy (non-hydrogen) atoms. The summed E-state index contributed by atoms with van der Waals surface area (Å²) in [4.78, 5) is 19.2. The van der Waals surface area contributed by atoms with Gasteiger partial charge >= 0.3 is 0 Å². The molecule has 1 aromatic heterocycles. The molecule has 1 aliphatic carbocycles. The van der Waals surface area contributed by atoms with E-state index >= 15 is 0 Å². The molecule has 0 atom stereocenters. The summed E-state index contributed by atoms with van der Waals surface area (Å²) in [6.07, 6.45) is 4.11. The van der Waals surface area contributed by atoms with E-state index in [0.29, 0.717) is 13.0 Å². The molecule has 3 rings (SSSR count). The fraction of sp³-hybridized carbons (Fsp3) is 0.583. The lowest BCUT2D eigenvalue weighted by atomic mass is 9.91. The average Bonchev–Trinajstić information content (AvgIpc) is 3.37. The van der Waals surface area contributed by atoms with Crippen LogP contribution in [0.25, 0.3) is 0 Å². The maximum Gasteiger partial charge on any atom is 0.228 e. The summed E-state index contributed by atoms with van der Waals surface area (Å²) < 4.78 is 28.2. The molecule has 1 heterocycles. The van der Waals surface area contributed by atoms with E-state index in [9.17, 15) is 13.2 Å². The summed E-state index contributed by atoms with van der Waals surface area (Å²) in [6, 6.07) is 7.68. The van der Waals surface area contributed by atoms with E-state index < -0.39 is 9.84 Å². The quantitative estimate of drug-likeness (QED) is 0.592. The first-order chi connectivity index (χ1) is 14.4. The van der Waals surface area contributed by atoms with Gasteiger partial charge in [0.05, 0.1) is 24.2 Å². The second-order valence-electron chi connectivity index (χ2n) is 10.2. The molecule has 7 heteroatoms. The summed E-state index contributed by atoms with van der Waals surface area (Å²) in [7, 11) is -3.62. The van der Waals surface area contributed by atoms with Crippen LogP contribution in [0, 0.1) is 12.3 Å². The van der Waals surface area contributed by atoms with Gasteiger partial charge < -0.3 is 9.47 Å². The molecule has 1 saturated carbocycles. The summed E-state index contributed by atoms with van der Waals surface area (Å²) >= 11 is 0. The van der Waals surface area contributed by atoms with Crippen LogP contribution in [0.4, 0.5) is 0 Å². The van der Waals surface area contributed by atoms with Crippen molar-refractivity contribution in [1.29, 1.82) is 0 Å². The topological polar surface area (TPSA) is 72.3 Å². The van der Waals surface area contributed by atoms with Crippen molar-refractivity contribution in [2.45, 2.75) is 90.3 Å². The molecule has 0 N–H and O–H groups in total. The minimum absolute atomic E-state index is 0.0806. The zero-order valence-electron chi connectivity index (χ0n) is 19.6. The fourth-order valence-electron chi connectivity index (χ4n) is 3.78. The second-order valence-corrected chi connectivity index (χ2v) is 12.1. The highest BCUT2D eigenvalue weighted by Gasteiger charge is 2.35. The van der Waals surface area contributed by atoms with Crippen LogP contribution in [0.1, 0.15) is 76.7 Å². The molecule has 170 valence electrons. The molecule has 0 radical (unpaired) electrons. The van der Waals surface area contributed by atoms with Crippen LogP contribution in [0.3, 0.4) is 0 Å². The Labute approximate surface area is 186 Å². The first-order valence-electron chi connectivity index (χ1n) is 11.0. The van der Waals surface area contributed by atoms with Crippen molar-refractivity contribution >= 4 is 15.7 Å². The number of hydrogen-bond acceptors (Lipinski definition) is 4. The molecule has 1 aliphatic rings. The van der Waals surface area contributed by atoms with E-state index in [-0.39, 0.29) is 34.3 Å². The Balaban J connectivity index is 1.89. The predicted molar refractivity (Wildman–Crippen MR) is 122 cm³/mol.